The van der Waals surface area contributed by atoms with Crippen molar-refractivity contribution in [3.8, 4) is 0 Å². The molecule has 0 aromatic heterocycles. The van der Waals surface area contributed by atoms with Gasteiger partial charge >= 0.3 is 0 Å². The van der Waals surface area contributed by atoms with Gasteiger partial charge in [0.25, 0.3) is 5.91 Å². The second-order valence-electron chi connectivity index (χ2n) is 8.17. The molecule has 0 bridgehead atoms. The summed E-state index contributed by atoms with van der Waals surface area (Å²) < 4.78 is 20.4. The predicted octanol–water partition coefficient (Wildman–Crippen LogP) is 3.26. The highest BCUT2D eigenvalue weighted by atomic mass is 19.1. The molecule has 0 spiro atoms. The molecule has 0 radical (unpaired) electrons. The van der Waals surface area contributed by atoms with E-state index in [1.807, 2.05) is 30.9 Å². The first kappa shape index (κ1) is 22.7. The molecule has 1 saturated heterocycles. The maximum absolute atomic E-state index is 14.7. The van der Waals surface area contributed by atoms with E-state index in [-0.39, 0.29) is 48.8 Å². The molecule has 2 aromatic carbocycles. The summed E-state index contributed by atoms with van der Waals surface area (Å²) >= 11 is 0. The van der Waals surface area contributed by atoms with Gasteiger partial charge < -0.3 is 20.3 Å². The second kappa shape index (κ2) is 10.4. The number of rotatable bonds is 7. The highest BCUT2D eigenvalue weighted by Gasteiger charge is 2.24. The third kappa shape index (κ3) is 6.52. The molecule has 7 heteroatoms. The Morgan fingerprint density at radius 3 is 2.45 bits per heavy atom. The summed E-state index contributed by atoms with van der Waals surface area (Å²) in [6.07, 6.45) is 0.237. The maximum atomic E-state index is 14.7. The zero-order valence-corrected chi connectivity index (χ0v) is 18.2. The first-order chi connectivity index (χ1) is 14.8. The summed E-state index contributed by atoms with van der Waals surface area (Å²) in [5.41, 5.74) is 1.79. The normalized spacial score (nSPS) is 19.5. The molecule has 2 aromatic rings. The van der Waals surface area contributed by atoms with E-state index in [1.54, 1.807) is 37.3 Å². The number of hydrogen-bond donors (Lipinski definition) is 2. The maximum Gasteiger partial charge on any atom is 0.251 e. The van der Waals surface area contributed by atoms with Crippen molar-refractivity contribution in [1.82, 2.24) is 10.6 Å². The van der Waals surface area contributed by atoms with Crippen molar-refractivity contribution in [3.05, 3.63) is 65.5 Å². The Labute approximate surface area is 182 Å². The molecule has 0 aliphatic carbocycles. The lowest BCUT2D eigenvalue weighted by Gasteiger charge is -2.37. The van der Waals surface area contributed by atoms with Crippen molar-refractivity contribution in [2.45, 2.75) is 52.0 Å². The minimum Gasteiger partial charge on any atom is -0.372 e. The summed E-state index contributed by atoms with van der Waals surface area (Å²) in [5, 5.41) is 5.60. The lowest BCUT2D eigenvalue weighted by Crippen LogP contribution is -2.45. The van der Waals surface area contributed by atoms with E-state index in [0.29, 0.717) is 29.9 Å². The first-order valence-electron chi connectivity index (χ1n) is 10.6. The molecule has 166 valence electrons. The second-order valence-corrected chi connectivity index (χ2v) is 8.17. The highest BCUT2D eigenvalue weighted by Crippen LogP contribution is 2.24. The summed E-state index contributed by atoms with van der Waals surface area (Å²) in [4.78, 5) is 26.4. The Kier molecular flexibility index (Phi) is 7.63. The van der Waals surface area contributed by atoms with Crippen LogP contribution >= 0.6 is 0 Å². The van der Waals surface area contributed by atoms with Crippen LogP contribution in [0.2, 0.25) is 0 Å². The van der Waals surface area contributed by atoms with Crippen LogP contribution in [0.4, 0.5) is 10.1 Å². The largest absolute Gasteiger partial charge is 0.372 e. The summed E-state index contributed by atoms with van der Waals surface area (Å²) in [6.45, 7) is 7.25. The van der Waals surface area contributed by atoms with Gasteiger partial charge in [0.2, 0.25) is 5.91 Å². The van der Waals surface area contributed by atoms with Crippen molar-refractivity contribution in [3.63, 3.8) is 0 Å². The Morgan fingerprint density at radius 1 is 1.13 bits per heavy atom. The number of halogens is 1. The van der Waals surface area contributed by atoms with Crippen molar-refractivity contribution in [2.75, 3.05) is 18.0 Å². The fourth-order valence-electron chi connectivity index (χ4n) is 3.79. The minimum absolute atomic E-state index is 0.0477. The van der Waals surface area contributed by atoms with Crippen LogP contribution < -0.4 is 15.5 Å². The van der Waals surface area contributed by atoms with Crippen molar-refractivity contribution >= 4 is 17.5 Å². The van der Waals surface area contributed by atoms with Gasteiger partial charge in [0, 0.05) is 37.7 Å². The quantitative estimate of drug-likeness (QED) is 0.712. The first-order valence-corrected chi connectivity index (χ1v) is 10.6. The number of morpholine rings is 1. The number of benzene rings is 2. The predicted molar refractivity (Wildman–Crippen MR) is 118 cm³/mol. The van der Waals surface area contributed by atoms with E-state index in [2.05, 4.69) is 10.6 Å². The third-order valence-electron chi connectivity index (χ3n) is 5.17. The van der Waals surface area contributed by atoms with Gasteiger partial charge in [-0.2, -0.15) is 0 Å². The Hall–Kier alpha value is -2.93. The molecule has 1 aliphatic heterocycles. The molecule has 1 heterocycles. The Bertz CT molecular complexity index is 896. The van der Waals surface area contributed by atoms with Crippen molar-refractivity contribution in [2.24, 2.45) is 0 Å². The van der Waals surface area contributed by atoms with E-state index in [4.69, 9.17) is 4.74 Å². The van der Waals surface area contributed by atoms with Crippen LogP contribution in [-0.4, -0.2) is 43.2 Å². The van der Waals surface area contributed by atoms with Crippen molar-refractivity contribution in [1.29, 1.82) is 0 Å². The minimum atomic E-state index is -0.322. The van der Waals surface area contributed by atoms with Crippen molar-refractivity contribution < 1.29 is 18.7 Å². The summed E-state index contributed by atoms with van der Waals surface area (Å²) in [7, 11) is 0. The van der Waals surface area contributed by atoms with E-state index in [0.717, 1.165) is 0 Å². The lowest BCUT2D eigenvalue weighted by atomic mass is 10.1. The molecule has 2 amide bonds. The molecule has 3 atom stereocenters. The molecule has 31 heavy (non-hydrogen) atoms. The van der Waals surface area contributed by atoms with Gasteiger partial charge in [-0.05, 0) is 50.6 Å². The van der Waals surface area contributed by atoms with Crippen LogP contribution in [0.3, 0.4) is 0 Å². The lowest BCUT2D eigenvalue weighted by molar-refractivity contribution is -0.121. The SMILES string of the molecule is CC(CC(=O)NCc1ccc(N2CC(C)OC(C)C2)c(F)c1)NC(=O)c1ccccc1. The highest BCUT2D eigenvalue weighted by molar-refractivity contribution is 5.94. The number of carbonyl (C=O) groups is 2. The molecule has 3 unspecified atom stereocenters. The molecular formula is C24H30FN3O3. The molecular weight excluding hydrogens is 397 g/mol. The van der Waals surface area contributed by atoms with Crippen LogP contribution in [-0.2, 0) is 16.1 Å². The van der Waals surface area contributed by atoms with E-state index >= 15 is 0 Å². The van der Waals surface area contributed by atoms with Crippen LogP contribution in [0.5, 0.6) is 0 Å². The van der Waals surface area contributed by atoms with Gasteiger partial charge in [0.05, 0.1) is 17.9 Å². The van der Waals surface area contributed by atoms with Gasteiger partial charge in [-0.25, -0.2) is 4.39 Å². The number of nitrogens with zero attached hydrogens (tertiary/aromatic N) is 1. The summed E-state index contributed by atoms with van der Waals surface area (Å²) in [6, 6.07) is 13.6. The molecule has 0 saturated carbocycles. The van der Waals surface area contributed by atoms with Gasteiger partial charge in [-0.3, -0.25) is 9.59 Å². The van der Waals surface area contributed by atoms with Gasteiger partial charge in [-0.1, -0.05) is 24.3 Å². The Balaban J connectivity index is 1.48. The molecule has 1 fully saturated rings. The zero-order valence-electron chi connectivity index (χ0n) is 18.2. The van der Waals surface area contributed by atoms with Crippen LogP contribution in [0.1, 0.15) is 43.1 Å². The zero-order chi connectivity index (χ0) is 22.4. The van der Waals surface area contributed by atoms with E-state index < -0.39 is 0 Å². The van der Waals surface area contributed by atoms with Gasteiger partial charge in [0.15, 0.2) is 0 Å². The average Bonchev–Trinajstić information content (AvgIpc) is 2.72. The summed E-state index contributed by atoms with van der Waals surface area (Å²) in [5.74, 6) is -0.733. The number of carbonyl (C=O) groups excluding carboxylic acids is 2. The third-order valence-corrected chi connectivity index (χ3v) is 5.17. The van der Waals surface area contributed by atoms with Crippen LogP contribution in [0, 0.1) is 5.82 Å². The topological polar surface area (TPSA) is 70.7 Å². The standard InChI is InChI=1S/C24H30FN3O3/c1-16(27-24(30)20-7-5-4-6-8-20)11-23(29)26-13-19-9-10-22(21(25)12-19)28-14-17(2)31-18(3)15-28/h4-10,12,16-18H,11,13-15H2,1-3H3,(H,26,29)(H,27,30). The Morgan fingerprint density at radius 2 is 1.81 bits per heavy atom. The molecule has 3 rings (SSSR count). The van der Waals surface area contributed by atoms with E-state index in [9.17, 15) is 14.0 Å². The monoisotopic (exact) mass is 427 g/mol. The van der Waals surface area contributed by atoms with Gasteiger partial charge in [-0.15, -0.1) is 0 Å². The van der Waals surface area contributed by atoms with Crippen LogP contribution in [0.15, 0.2) is 48.5 Å². The number of amides is 2. The van der Waals surface area contributed by atoms with E-state index in [1.165, 1.54) is 6.07 Å². The fourth-order valence-corrected chi connectivity index (χ4v) is 3.79. The van der Waals surface area contributed by atoms with Gasteiger partial charge in [0.1, 0.15) is 5.82 Å². The van der Waals surface area contributed by atoms with Crippen LogP contribution in [0.25, 0.3) is 0 Å². The number of anilines is 1. The number of hydrogen-bond acceptors (Lipinski definition) is 4. The molecule has 2 N–H and O–H groups in total. The fraction of sp³-hybridized carbons (Fsp3) is 0.417. The number of ether oxygens (including phenoxy) is 1. The number of nitrogens with one attached hydrogen (secondary N) is 2. The average molecular weight is 428 g/mol. The molecule has 6 nitrogen and oxygen atoms in total. The molecule has 1 aliphatic rings. The smallest absolute Gasteiger partial charge is 0.251 e.